The Morgan fingerprint density at radius 2 is 1.93 bits per heavy atom. The standard InChI is InChI=1S/C21H24N6O3/c1-21(2,3)30-19(28)14-6-4-5-13(11-14)15-12-23-17-16(24-15)18(26-20(22)25-17)27-7-9-29-10-8-27/h4-6,11-12H,7-10H2,1-3H3,(H2,22,23,25,26). The number of carbonyl (C=O) groups is 1. The number of anilines is 2. The van der Waals surface area contributed by atoms with E-state index >= 15 is 0 Å². The Kier molecular flexibility index (Phi) is 5.21. The lowest BCUT2D eigenvalue weighted by molar-refractivity contribution is 0.00695. The Balaban J connectivity index is 1.74. The molecule has 0 amide bonds. The molecule has 1 saturated heterocycles. The van der Waals surface area contributed by atoms with Gasteiger partial charge in [0.1, 0.15) is 5.60 Å². The molecule has 1 aliphatic rings. The maximum atomic E-state index is 12.4. The molecule has 0 bridgehead atoms. The molecule has 0 spiro atoms. The van der Waals surface area contributed by atoms with Gasteiger partial charge in [0.05, 0.1) is 30.7 Å². The van der Waals surface area contributed by atoms with Crippen LogP contribution in [0.25, 0.3) is 22.4 Å². The molecule has 9 heteroatoms. The summed E-state index contributed by atoms with van der Waals surface area (Å²) in [6, 6.07) is 7.13. The van der Waals surface area contributed by atoms with E-state index in [4.69, 9.17) is 20.2 Å². The summed E-state index contributed by atoms with van der Waals surface area (Å²) in [6.07, 6.45) is 1.62. The molecule has 156 valence electrons. The second-order valence-corrected chi connectivity index (χ2v) is 8.01. The lowest BCUT2D eigenvalue weighted by Gasteiger charge is -2.28. The van der Waals surface area contributed by atoms with Gasteiger partial charge >= 0.3 is 5.97 Å². The van der Waals surface area contributed by atoms with Crippen LogP contribution in [0, 0.1) is 0 Å². The van der Waals surface area contributed by atoms with E-state index in [9.17, 15) is 4.79 Å². The van der Waals surface area contributed by atoms with Crippen molar-refractivity contribution >= 4 is 28.9 Å². The number of nitrogens with two attached hydrogens (primary N) is 1. The maximum absolute atomic E-state index is 12.4. The molecule has 0 atom stereocenters. The summed E-state index contributed by atoms with van der Waals surface area (Å²) < 4.78 is 10.9. The summed E-state index contributed by atoms with van der Waals surface area (Å²) in [6.45, 7) is 8.09. The van der Waals surface area contributed by atoms with Crippen LogP contribution in [0.1, 0.15) is 31.1 Å². The molecule has 1 fully saturated rings. The predicted molar refractivity (Wildman–Crippen MR) is 113 cm³/mol. The number of benzene rings is 1. The third kappa shape index (κ3) is 4.30. The predicted octanol–water partition coefficient (Wildman–Crippen LogP) is 2.46. The first-order chi connectivity index (χ1) is 14.3. The van der Waals surface area contributed by atoms with Gasteiger partial charge in [-0.25, -0.2) is 14.8 Å². The van der Waals surface area contributed by atoms with Crippen molar-refractivity contribution in [2.24, 2.45) is 0 Å². The fraction of sp³-hybridized carbons (Fsp3) is 0.381. The third-order valence-electron chi connectivity index (χ3n) is 4.51. The first-order valence-corrected chi connectivity index (χ1v) is 9.77. The monoisotopic (exact) mass is 408 g/mol. The lowest BCUT2D eigenvalue weighted by atomic mass is 10.1. The molecule has 1 aliphatic heterocycles. The molecule has 2 N–H and O–H groups in total. The number of ether oxygens (including phenoxy) is 2. The van der Waals surface area contributed by atoms with Gasteiger partial charge in [-0.1, -0.05) is 12.1 Å². The molecular formula is C21H24N6O3. The van der Waals surface area contributed by atoms with E-state index in [-0.39, 0.29) is 11.9 Å². The van der Waals surface area contributed by atoms with Crippen LogP contribution in [-0.4, -0.2) is 57.8 Å². The zero-order valence-corrected chi connectivity index (χ0v) is 17.3. The summed E-state index contributed by atoms with van der Waals surface area (Å²) in [7, 11) is 0. The van der Waals surface area contributed by atoms with E-state index in [1.165, 1.54) is 0 Å². The zero-order valence-electron chi connectivity index (χ0n) is 17.3. The van der Waals surface area contributed by atoms with Gasteiger partial charge in [0.25, 0.3) is 0 Å². The number of hydrogen-bond acceptors (Lipinski definition) is 9. The average Bonchev–Trinajstić information content (AvgIpc) is 2.72. The minimum atomic E-state index is -0.569. The number of aromatic nitrogens is 4. The van der Waals surface area contributed by atoms with Gasteiger partial charge in [-0.2, -0.15) is 9.97 Å². The number of hydrogen-bond donors (Lipinski definition) is 1. The van der Waals surface area contributed by atoms with Gasteiger partial charge in [-0.15, -0.1) is 0 Å². The fourth-order valence-electron chi connectivity index (χ4n) is 3.19. The fourth-order valence-corrected chi connectivity index (χ4v) is 3.19. The van der Waals surface area contributed by atoms with Crippen molar-refractivity contribution in [1.29, 1.82) is 0 Å². The molecule has 0 radical (unpaired) electrons. The van der Waals surface area contributed by atoms with Crippen molar-refractivity contribution in [3.05, 3.63) is 36.0 Å². The highest BCUT2D eigenvalue weighted by Crippen LogP contribution is 2.26. The van der Waals surface area contributed by atoms with Crippen molar-refractivity contribution in [3.8, 4) is 11.3 Å². The quantitative estimate of drug-likeness (QED) is 0.652. The highest BCUT2D eigenvalue weighted by molar-refractivity contribution is 5.91. The van der Waals surface area contributed by atoms with Crippen molar-refractivity contribution < 1.29 is 14.3 Å². The molecule has 0 saturated carbocycles. The van der Waals surface area contributed by atoms with Crippen LogP contribution in [0.3, 0.4) is 0 Å². The van der Waals surface area contributed by atoms with E-state index in [1.807, 2.05) is 26.8 Å². The summed E-state index contributed by atoms with van der Waals surface area (Å²) in [5.74, 6) is 0.402. The number of rotatable bonds is 3. The van der Waals surface area contributed by atoms with Crippen molar-refractivity contribution in [1.82, 2.24) is 19.9 Å². The second-order valence-electron chi connectivity index (χ2n) is 8.01. The molecule has 0 unspecified atom stereocenters. The van der Waals surface area contributed by atoms with E-state index in [0.29, 0.717) is 54.5 Å². The average molecular weight is 408 g/mol. The molecule has 30 heavy (non-hydrogen) atoms. The lowest BCUT2D eigenvalue weighted by Crippen LogP contribution is -2.37. The minimum absolute atomic E-state index is 0.151. The smallest absolute Gasteiger partial charge is 0.338 e. The molecule has 1 aromatic carbocycles. The molecule has 4 rings (SSSR count). The van der Waals surface area contributed by atoms with Crippen molar-refractivity contribution in [2.45, 2.75) is 26.4 Å². The van der Waals surface area contributed by atoms with Gasteiger partial charge < -0.3 is 20.1 Å². The number of fused-ring (bicyclic) bond motifs is 1. The zero-order chi connectivity index (χ0) is 21.3. The molecular weight excluding hydrogens is 384 g/mol. The summed E-state index contributed by atoms with van der Waals surface area (Å²) in [5, 5.41) is 0. The number of carbonyl (C=O) groups excluding carboxylic acids is 1. The van der Waals surface area contributed by atoms with Crippen molar-refractivity contribution in [3.63, 3.8) is 0 Å². The largest absolute Gasteiger partial charge is 0.456 e. The Morgan fingerprint density at radius 3 is 2.67 bits per heavy atom. The van der Waals surface area contributed by atoms with Crippen molar-refractivity contribution in [2.75, 3.05) is 36.9 Å². The highest BCUT2D eigenvalue weighted by Gasteiger charge is 2.21. The number of nitrogen functional groups attached to an aromatic ring is 1. The van der Waals surface area contributed by atoms with Crippen LogP contribution in [0.4, 0.5) is 11.8 Å². The first kappa shape index (κ1) is 20.0. The Labute approximate surface area is 174 Å². The van der Waals surface area contributed by atoms with E-state index < -0.39 is 5.60 Å². The molecule has 9 nitrogen and oxygen atoms in total. The van der Waals surface area contributed by atoms with Gasteiger partial charge in [0.15, 0.2) is 17.0 Å². The Morgan fingerprint density at radius 1 is 1.17 bits per heavy atom. The van der Waals surface area contributed by atoms with Gasteiger partial charge in [0.2, 0.25) is 5.95 Å². The molecule has 3 heterocycles. The summed E-state index contributed by atoms with van der Waals surface area (Å²) >= 11 is 0. The maximum Gasteiger partial charge on any atom is 0.338 e. The van der Waals surface area contributed by atoms with E-state index in [2.05, 4.69) is 19.9 Å². The van der Waals surface area contributed by atoms with Gasteiger partial charge in [0, 0.05) is 18.7 Å². The third-order valence-corrected chi connectivity index (χ3v) is 4.51. The van der Waals surface area contributed by atoms with Crippen LogP contribution in [0.2, 0.25) is 0 Å². The van der Waals surface area contributed by atoms with Crippen LogP contribution in [0.5, 0.6) is 0 Å². The highest BCUT2D eigenvalue weighted by atomic mass is 16.6. The van der Waals surface area contributed by atoms with Gasteiger partial charge in [-0.3, -0.25) is 0 Å². The van der Waals surface area contributed by atoms with Gasteiger partial charge in [-0.05, 0) is 32.9 Å². The number of morpholine rings is 1. The minimum Gasteiger partial charge on any atom is -0.456 e. The first-order valence-electron chi connectivity index (χ1n) is 9.77. The number of esters is 1. The van der Waals surface area contributed by atoms with E-state index in [1.54, 1.807) is 24.4 Å². The van der Waals surface area contributed by atoms with Crippen LogP contribution in [0.15, 0.2) is 30.5 Å². The summed E-state index contributed by atoms with van der Waals surface area (Å²) in [4.78, 5) is 32.3. The van der Waals surface area contributed by atoms with Crippen LogP contribution in [-0.2, 0) is 9.47 Å². The second kappa shape index (κ2) is 7.83. The van der Waals surface area contributed by atoms with Crippen LogP contribution >= 0.6 is 0 Å². The Bertz CT molecular complexity index is 1090. The van der Waals surface area contributed by atoms with Crippen LogP contribution < -0.4 is 10.6 Å². The molecule has 2 aromatic heterocycles. The SMILES string of the molecule is CC(C)(C)OC(=O)c1cccc(-c2cnc3nc(N)nc(N4CCOCC4)c3n2)c1. The Hall–Kier alpha value is -3.33. The normalized spacial score (nSPS) is 14.7. The topological polar surface area (TPSA) is 116 Å². The van der Waals surface area contributed by atoms with E-state index in [0.717, 1.165) is 5.56 Å². The number of nitrogens with zero attached hydrogens (tertiary/aromatic N) is 5. The summed E-state index contributed by atoms with van der Waals surface area (Å²) in [5.41, 5.74) is 8.11. The molecule has 3 aromatic rings. The molecule has 0 aliphatic carbocycles.